The maximum atomic E-state index is 15.0. The van der Waals surface area contributed by atoms with Crippen molar-refractivity contribution in [3.63, 3.8) is 0 Å². The molecule has 0 aliphatic carbocycles. The number of anilines is 1. The van der Waals surface area contributed by atoms with Crippen LogP contribution < -0.4 is 11.1 Å². The minimum Gasteiger partial charge on any atom is -0.330 e. The van der Waals surface area contributed by atoms with E-state index in [0.29, 0.717) is 25.1 Å². The molecule has 3 rings (SSSR count). The Kier molecular flexibility index (Phi) is 6.23. The van der Waals surface area contributed by atoms with Crippen LogP contribution in [0.4, 0.5) is 23.2 Å². The Morgan fingerprint density at radius 1 is 0.966 bits per heavy atom. The minimum atomic E-state index is -1.36. The fourth-order valence-electron chi connectivity index (χ4n) is 2.93. The number of nitrogens with zero attached hydrogens (tertiary/aromatic N) is 1. The Morgan fingerprint density at radius 2 is 1.66 bits per heavy atom. The van der Waals surface area contributed by atoms with Gasteiger partial charge in [0.1, 0.15) is 23.3 Å². The SMILES string of the molecule is NCCCc1ccncc1NC(=O)c1ccc(F)c(-c2c(F)cccc2F)c1F. The maximum absolute atomic E-state index is 15.0. The van der Waals surface area contributed by atoms with E-state index in [2.05, 4.69) is 10.3 Å². The van der Waals surface area contributed by atoms with E-state index >= 15 is 0 Å². The number of halogens is 4. The van der Waals surface area contributed by atoms with E-state index in [-0.39, 0.29) is 0 Å². The van der Waals surface area contributed by atoms with E-state index in [1.165, 1.54) is 6.20 Å². The Bertz CT molecular complexity index is 1040. The average molecular weight is 403 g/mol. The number of pyridine rings is 1. The van der Waals surface area contributed by atoms with Crippen LogP contribution in [0.3, 0.4) is 0 Å². The summed E-state index contributed by atoms with van der Waals surface area (Å²) in [5, 5.41) is 2.51. The average Bonchev–Trinajstić information content (AvgIpc) is 2.69. The van der Waals surface area contributed by atoms with Gasteiger partial charge in [-0.05, 0) is 55.3 Å². The smallest absolute Gasteiger partial charge is 0.258 e. The highest BCUT2D eigenvalue weighted by Gasteiger charge is 2.24. The number of nitrogens with one attached hydrogen (secondary N) is 1. The van der Waals surface area contributed by atoms with Gasteiger partial charge in [0.2, 0.25) is 0 Å². The number of carbonyl (C=O) groups excluding carboxylic acids is 1. The molecule has 0 radical (unpaired) electrons. The lowest BCUT2D eigenvalue weighted by atomic mass is 9.99. The zero-order chi connectivity index (χ0) is 21.0. The standard InChI is InChI=1S/C21H17F4N3O/c22-14-4-1-5-15(23)18(14)19-16(24)7-6-13(20(19)25)21(29)28-17-11-27-10-8-12(17)3-2-9-26/h1,4-8,10-11H,2-3,9,26H2,(H,28,29). The first kappa shape index (κ1) is 20.5. The molecule has 0 fully saturated rings. The van der Waals surface area contributed by atoms with Crippen molar-refractivity contribution in [1.82, 2.24) is 4.98 Å². The molecule has 2 aromatic carbocycles. The van der Waals surface area contributed by atoms with Gasteiger partial charge in [-0.3, -0.25) is 9.78 Å². The van der Waals surface area contributed by atoms with Gasteiger partial charge in [-0.25, -0.2) is 17.6 Å². The molecule has 0 spiro atoms. The summed E-state index contributed by atoms with van der Waals surface area (Å²) in [6, 6.07) is 6.22. The number of amides is 1. The third-order valence-electron chi connectivity index (χ3n) is 4.36. The molecule has 8 heteroatoms. The van der Waals surface area contributed by atoms with Crippen LogP contribution in [-0.2, 0) is 6.42 Å². The largest absolute Gasteiger partial charge is 0.330 e. The molecule has 150 valence electrons. The Morgan fingerprint density at radius 3 is 2.34 bits per heavy atom. The van der Waals surface area contributed by atoms with Gasteiger partial charge in [-0.15, -0.1) is 0 Å². The van der Waals surface area contributed by atoms with Crippen molar-refractivity contribution in [2.24, 2.45) is 5.73 Å². The fraction of sp³-hybridized carbons (Fsp3) is 0.143. The number of carbonyl (C=O) groups is 1. The second-order valence-corrected chi connectivity index (χ2v) is 6.26. The molecule has 29 heavy (non-hydrogen) atoms. The van der Waals surface area contributed by atoms with Crippen LogP contribution in [0.25, 0.3) is 11.1 Å². The summed E-state index contributed by atoms with van der Waals surface area (Å²) in [5.41, 5.74) is 4.21. The van der Waals surface area contributed by atoms with E-state index in [1.54, 1.807) is 12.3 Å². The monoisotopic (exact) mass is 403 g/mol. The van der Waals surface area contributed by atoms with Gasteiger partial charge in [-0.1, -0.05) is 6.07 Å². The minimum absolute atomic E-state index is 0.341. The van der Waals surface area contributed by atoms with Gasteiger partial charge in [0, 0.05) is 6.20 Å². The summed E-state index contributed by atoms with van der Waals surface area (Å²) in [4.78, 5) is 16.5. The normalized spacial score (nSPS) is 10.8. The Labute approximate surface area is 164 Å². The van der Waals surface area contributed by atoms with Crippen LogP contribution in [0.1, 0.15) is 22.3 Å². The Balaban J connectivity index is 2.00. The van der Waals surface area contributed by atoms with E-state index in [9.17, 15) is 22.4 Å². The number of nitrogens with two attached hydrogens (primary N) is 1. The van der Waals surface area contributed by atoms with Crippen molar-refractivity contribution in [2.45, 2.75) is 12.8 Å². The van der Waals surface area contributed by atoms with E-state index in [1.807, 2.05) is 0 Å². The lowest BCUT2D eigenvalue weighted by Gasteiger charge is -2.13. The first-order chi connectivity index (χ1) is 13.9. The highest BCUT2D eigenvalue weighted by molar-refractivity contribution is 6.05. The number of aromatic nitrogens is 1. The van der Waals surface area contributed by atoms with Gasteiger partial charge < -0.3 is 11.1 Å². The molecule has 0 atom stereocenters. The van der Waals surface area contributed by atoms with E-state index in [4.69, 9.17) is 5.73 Å². The van der Waals surface area contributed by atoms with Gasteiger partial charge in [0.05, 0.1) is 28.6 Å². The lowest BCUT2D eigenvalue weighted by Crippen LogP contribution is -2.16. The molecule has 0 unspecified atom stereocenters. The number of hydrogen-bond acceptors (Lipinski definition) is 3. The number of rotatable bonds is 6. The van der Waals surface area contributed by atoms with E-state index < -0.39 is 45.9 Å². The summed E-state index contributed by atoms with van der Waals surface area (Å²) in [6.07, 6.45) is 4.16. The van der Waals surface area contributed by atoms with Crippen LogP contribution >= 0.6 is 0 Å². The lowest BCUT2D eigenvalue weighted by molar-refractivity contribution is 0.102. The molecular weight excluding hydrogens is 386 g/mol. The predicted molar refractivity (Wildman–Crippen MR) is 101 cm³/mol. The molecule has 0 saturated heterocycles. The molecule has 3 aromatic rings. The van der Waals surface area contributed by atoms with Crippen LogP contribution in [-0.4, -0.2) is 17.4 Å². The van der Waals surface area contributed by atoms with Crippen molar-refractivity contribution in [3.8, 4) is 11.1 Å². The number of aryl methyl sites for hydroxylation is 1. The van der Waals surface area contributed by atoms with Gasteiger partial charge in [0.15, 0.2) is 0 Å². The fourth-order valence-corrected chi connectivity index (χ4v) is 2.93. The maximum Gasteiger partial charge on any atom is 0.258 e. The highest BCUT2D eigenvalue weighted by Crippen LogP contribution is 2.32. The van der Waals surface area contributed by atoms with Crippen molar-refractivity contribution in [3.05, 3.63) is 83.2 Å². The summed E-state index contributed by atoms with van der Waals surface area (Å²) in [7, 11) is 0. The summed E-state index contributed by atoms with van der Waals surface area (Å²) in [5.74, 6) is -5.73. The van der Waals surface area contributed by atoms with E-state index in [0.717, 1.165) is 35.9 Å². The number of hydrogen-bond donors (Lipinski definition) is 2. The van der Waals surface area contributed by atoms with Crippen molar-refractivity contribution < 1.29 is 22.4 Å². The van der Waals surface area contributed by atoms with Crippen LogP contribution in [0.5, 0.6) is 0 Å². The first-order valence-electron chi connectivity index (χ1n) is 8.80. The molecule has 0 bridgehead atoms. The highest BCUT2D eigenvalue weighted by atomic mass is 19.1. The molecule has 3 N–H and O–H groups in total. The second-order valence-electron chi connectivity index (χ2n) is 6.26. The summed E-state index contributed by atoms with van der Waals surface area (Å²) in [6.45, 7) is 0.444. The van der Waals surface area contributed by atoms with Crippen LogP contribution in [0, 0.1) is 23.3 Å². The molecule has 0 aliphatic rings. The summed E-state index contributed by atoms with van der Waals surface area (Å²) < 4.78 is 57.3. The summed E-state index contributed by atoms with van der Waals surface area (Å²) >= 11 is 0. The zero-order valence-electron chi connectivity index (χ0n) is 15.2. The molecular formula is C21H17F4N3O. The second kappa shape index (κ2) is 8.83. The van der Waals surface area contributed by atoms with Crippen molar-refractivity contribution in [2.75, 3.05) is 11.9 Å². The van der Waals surface area contributed by atoms with Crippen molar-refractivity contribution >= 4 is 11.6 Å². The van der Waals surface area contributed by atoms with Gasteiger partial charge in [0.25, 0.3) is 5.91 Å². The molecule has 1 amide bonds. The van der Waals surface area contributed by atoms with Gasteiger partial charge in [-0.2, -0.15) is 0 Å². The zero-order valence-corrected chi connectivity index (χ0v) is 15.2. The molecule has 1 aromatic heterocycles. The predicted octanol–water partition coefficient (Wildman–Crippen LogP) is 4.45. The van der Waals surface area contributed by atoms with Crippen LogP contribution in [0.15, 0.2) is 48.8 Å². The Hall–Kier alpha value is -3.26. The van der Waals surface area contributed by atoms with Crippen LogP contribution in [0.2, 0.25) is 0 Å². The topological polar surface area (TPSA) is 68.0 Å². The third-order valence-corrected chi connectivity index (χ3v) is 4.36. The molecule has 4 nitrogen and oxygen atoms in total. The molecule has 1 heterocycles. The third kappa shape index (κ3) is 4.27. The first-order valence-corrected chi connectivity index (χ1v) is 8.80. The molecule has 0 aliphatic heterocycles. The van der Waals surface area contributed by atoms with Crippen molar-refractivity contribution in [1.29, 1.82) is 0 Å². The molecule has 0 saturated carbocycles. The van der Waals surface area contributed by atoms with Gasteiger partial charge >= 0.3 is 0 Å². The number of benzene rings is 2. The quantitative estimate of drug-likeness (QED) is 0.598.